The van der Waals surface area contributed by atoms with Crippen molar-refractivity contribution in [2.24, 2.45) is 0 Å². The van der Waals surface area contributed by atoms with Crippen molar-refractivity contribution >= 4 is 12.1 Å². The van der Waals surface area contributed by atoms with Crippen LogP contribution in [0.2, 0.25) is 0 Å². The quantitative estimate of drug-likeness (QED) is 0.402. The average Bonchev–Trinajstić information content (AvgIpc) is 2.37. The van der Waals surface area contributed by atoms with Crippen molar-refractivity contribution < 1.29 is 36.6 Å². The largest absolute Gasteiger partial charge is 0.444 e. The minimum absolute atomic E-state index is 0.0268. The lowest BCUT2D eigenvalue weighted by molar-refractivity contribution is -0.133. The number of alkyl carbamates (subject to hydrolysis) is 1. The van der Waals surface area contributed by atoms with Crippen LogP contribution in [0, 0.1) is 23.3 Å². The Hall–Kier alpha value is -2.32. The van der Waals surface area contributed by atoms with Crippen molar-refractivity contribution in [3.05, 3.63) is 29.3 Å². The third-order valence-corrected chi connectivity index (χ3v) is 2.06. The number of benzene rings is 1. The highest BCUT2D eigenvalue weighted by Crippen LogP contribution is 2.26. The van der Waals surface area contributed by atoms with Crippen LogP contribution in [0.4, 0.5) is 22.4 Å². The Morgan fingerprint density at radius 1 is 1.09 bits per heavy atom. The van der Waals surface area contributed by atoms with Gasteiger partial charge in [-0.1, -0.05) is 0 Å². The van der Waals surface area contributed by atoms with E-state index >= 15 is 0 Å². The number of halogens is 4. The Morgan fingerprint density at radius 3 is 2.05 bits per heavy atom. The van der Waals surface area contributed by atoms with Crippen molar-refractivity contribution in [1.82, 2.24) is 5.32 Å². The Balaban J connectivity index is 2.69. The highest BCUT2D eigenvalue weighted by Gasteiger charge is 2.23. The molecule has 9 heteroatoms. The number of amides is 1. The van der Waals surface area contributed by atoms with Crippen molar-refractivity contribution in [1.29, 1.82) is 0 Å². The minimum atomic E-state index is -1.86. The van der Waals surface area contributed by atoms with Crippen molar-refractivity contribution in [3.63, 3.8) is 0 Å². The highest BCUT2D eigenvalue weighted by molar-refractivity contribution is 5.79. The Kier molecular flexibility index (Phi) is 5.34. The van der Waals surface area contributed by atoms with Gasteiger partial charge in [0.2, 0.25) is 17.4 Å². The topological polar surface area (TPSA) is 64.6 Å². The van der Waals surface area contributed by atoms with Gasteiger partial charge in [-0.25, -0.2) is 18.4 Å². The number of carbonyl (C=O) groups is 2. The normalized spacial score (nSPS) is 11.0. The number of hydrogen-bond donors (Lipinski definition) is 1. The van der Waals surface area contributed by atoms with Gasteiger partial charge in [-0.2, -0.15) is 8.78 Å². The highest BCUT2D eigenvalue weighted by atomic mass is 19.2. The number of nitrogens with one attached hydrogen (secondary N) is 1. The molecule has 1 amide bonds. The lowest BCUT2D eigenvalue weighted by Gasteiger charge is -2.19. The van der Waals surface area contributed by atoms with Crippen molar-refractivity contribution in [2.45, 2.75) is 26.4 Å². The van der Waals surface area contributed by atoms with Gasteiger partial charge in [0.05, 0.1) is 0 Å². The minimum Gasteiger partial charge on any atom is -0.444 e. The Labute approximate surface area is 123 Å². The summed E-state index contributed by atoms with van der Waals surface area (Å²) in [5.74, 6) is -10.0. The van der Waals surface area contributed by atoms with Gasteiger partial charge in [0.15, 0.2) is 11.6 Å². The third kappa shape index (κ3) is 4.90. The van der Waals surface area contributed by atoms with E-state index in [2.05, 4.69) is 4.74 Å². The van der Waals surface area contributed by atoms with E-state index < -0.39 is 53.2 Å². The molecule has 0 bridgehead atoms. The molecule has 0 unspecified atom stereocenters. The molecule has 0 aliphatic rings. The van der Waals surface area contributed by atoms with E-state index in [1.807, 2.05) is 5.32 Å². The number of hydrogen-bond acceptors (Lipinski definition) is 4. The second kappa shape index (κ2) is 6.63. The van der Waals surface area contributed by atoms with Crippen LogP contribution in [0.3, 0.4) is 0 Å². The number of esters is 1. The molecule has 1 aromatic carbocycles. The van der Waals surface area contributed by atoms with E-state index in [4.69, 9.17) is 4.74 Å². The molecule has 0 saturated carbocycles. The van der Waals surface area contributed by atoms with E-state index in [9.17, 15) is 27.2 Å². The second-order valence-electron chi connectivity index (χ2n) is 5.13. The Morgan fingerprint density at radius 2 is 1.59 bits per heavy atom. The van der Waals surface area contributed by atoms with Crippen LogP contribution < -0.4 is 10.1 Å². The maximum atomic E-state index is 13.3. The van der Waals surface area contributed by atoms with Crippen LogP contribution in [0.5, 0.6) is 5.75 Å². The first kappa shape index (κ1) is 17.7. The SMILES string of the molecule is CC(C)(C)OC(=O)NCC(=O)Oc1c(F)c(F)cc(F)c1F. The van der Waals surface area contributed by atoms with Crippen LogP contribution in [0.1, 0.15) is 20.8 Å². The molecule has 5 nitrogen and oxygen atoms in total. The zero-order chi connectivity index (χ0) is 17.1. The molecule has 0 aromatic heterocycles. The summed E-state index contributed by atoms with van der Waals surface area (Å²) in [5, 5.41) is 1.96. The smallest absolute Gasteiger partial charge is 0.408 e. The first-order valence-corrected chi connectivity index (χ1v) is 6.02. The number of ether oxygens (including phenoxy) is 2. The molecule has 122 valence electrons. The molecule has 1 aromatic rings. The fourth-order valence-corrected chi connectivity index (χ4v) is 1.25. The summed E-state index contributed by atoms with van der Waals surface area (Å²) in [6, 6.07) is -0.0268. The van der Waals surface area contributed by atoms with E-state index in [1.54, 1.807) is 20.8 Å². The van der Waals surface area contributed by atoms with Gasteiger partial charge in [-0.05, 0) is 20.8 Å². The molecule has 1 N–H and O–H groups in total. The van der Waals surface area contributed by atoms with E-state index in [-0.39, 0.29) is 6.07 Å². The number of carbonyl (C=O) groups excluding carboxylic acids is 2. The lowest BCUT2D eigenvalue weighted by atomic mass is 10.2. The predicted octanol–water partition coefficient (Wildman–Crippen LogP) is 2.67. The van der Waals surface area contributed by atoms with E-state index in [0.717, 1.165) is 0 Å². The predicted molar refractivity (Wildman–Crippen MR) is 66.1 cm³/mol. The van der Waals surface area contributed by atoms with Crippen LogP contribution in [-0.2, 0) is 9.53 Å². The fourth-order valence-electron chi connectivity index (χ4n) is 1.25. The molecule has 0 heterocycles. The van der Waals surface area contributed by atoms with E-state index in [1.165, 1.54) is 0 Å². The maximum Gasteiger partial charge on any atom is 0.408 e. The summed E-state index contributed by atoms with van der Waals surface area (Å²) in [4.78, 5) is 22.6. The summed E-state index contributed by atoms with van der Waals surface area (Å²) in [6.45, 7) is 3.91. The molecule has 0 fully saturated rings. The van der Waals surface area contributed by atoms with Crippen LogP contribution in [0.15, 0.2) is 6.07 Å². The second-order valence-corrected chi connectivity index (χ2v) is 5.13. The molecular formula is C13H13F4NO4. The van der Waals surface area contributed by atoms with Crippen LogP contribution in [-0.4, -0.2) is 24.2 Å². The molecule has 0 spiro atoms. The molecule has 0 radical (unpaired) electrons. The van der Waals surface area contributed by atoms with Gasteiger partial charge in [0.1, 0.15) is 12.1 Å². The lowest BCUT2D eigenvalue weighted by Crippen LogP contribution is -2.36. The first-order chi connectivity index (χ1) is 10.0. The number of rotatable bonds is 3. The van der Waals surface area contributed by atoms with Crippen molar-refractivity contribution in [3.8, 4) is 5.75 Å². The van der Waals surface area contributed by atoms with Crippen molar-refractivity contribution in [2.75, 3.05) is 6.54 Å². The molecule has 1 rings (SSSR count). The summed E-state index contributed by atoms with van der Waals surface area (Å²) < 4.78 is 61.3. The molecule has 0 aliphatic heterocycles. The van der Waals surface area contributed by atoms with E-state index in [0.29, 0.717) is 0 Å². The Bertz CT molecular complexity index is 572. The van der Waals surface area contributed by atoms with Gasteiger partial charge in [-0.15, -0.1) is 0 Å². The summed E-state index contributed by atoms with van der Waals surface area (Å²) >= 11 is 0. The molecule has 0 aliphatic carbocycles. The molecule has 0 saturated heterocycles. The van der Waals surface area contributed by atoms with Crippen LogP contribution in [0.25, 0.3) is 0 Å². The maximum absolute atomic E-state index is 13.3. The monoisotopic (exact) mass is 323 g/mol. The zero-order valence-corrected chi connectivity index (χ0v) is 11.9. The summed E-state index contributed by atoms with van der Waals surface area (Å²) in [6.07, 6.45) is -0.976. The first-order valence-electron chi connectivity index (χ1n) is 6.02. The molecular weight excluding hydrogens is 310 g/mol. The average molecular weight is 323 g/mol. The third-order valence-electron chi connectivity index (χ3n) is 2.06. The van der Waals surface area contributed by atoms with Gasteiger partial charge in [0.25, 0.3) is 0 Å². The van der Waals surface area contributed by atoms with Gasteiger partial charge >= 0.3 is 12.1 Å². The standard InChI is InChI=1S/C13H13F4NO4/c1-13(2,3)22-12(20)18-5-8(19)21-11-9(16)6(14)4-7(15)10(11)17/h4H,5H2,1-3H3,(H,18,20). The fraction of sp³-hybridized carbons (Fsp3) is 0.385. The zero-order valence-electron chi connectivity index (χ0n) is 11.9. The van der Waals surface area contributed by atoms with Crippen LogP contribution >= 0.6 is 0 Å². The molecule has 22 heavy (non-hydrogen) atoms. The van der Waals surface area contributed by atoms with Gasteiger partial charge in [0, 0.05) is 6.07 Å². The van der Waals surface area contributed by atoms with Gasteiger partial charge < -0.3 is 14.8 Å². The summed E-state index contributed by atoms with van der Waals surface area (Å²) in [7, 11) is 0. The summed E-state index contributed by atoms with van der Waals surface area (Å²) in [5.41, 5.74) is -0.822. The van der Waals surface area contributed by atoms with Gasteiger partial charge in [-0.3, -0.25) is 0 Å². The molecule has 0 atom stereocenters.